The first-order valence-corrected chi connectivity index (χ1v) is 10.2. The summed E-state index contributed by atoms with van der Waals surface area (Å²) in [6.07, 6.45) is 3.51. The Hall–Kier alpha value is -3.31. The van der Waals surface area contributed by atoms with Crippen LogP contribution in [-0.4, -0.2) is 16.1 Å². The minimum Gasteiger partial charge on any atom is -0.342 e. The van der Waals surface area contributed by atoms with Crippen molar-refractivity contribution in [1.82, 2.24) is 4.57 Å². The monoisotopic (exact) mass is 459 g/mol. The molecular formula is C25H15BrFNO2. The fourth-order valence-corrected chi connectivity index (χ4v) is 4.27. The van der Waals surface area contributed by atoms with E-state index in [1.165, 1.54) is 6.07 Å². The first-order valence-electron chi connectivity index (χ1n) is 9.45. The van der Waals surface area contributed by atoms with Crippen molar-refractivity contribution in [3.63, 3.8) is 0 Å². The number of ketones is 2. The SMILES string of the molecule is O=C1C(=Cc2cn(Cc3ccccc3F)c3ccc(Br)cc23)C(=O)c2ccccc21. The lowest BCUT2D eigenvalue weighted by atomic mass is 10.1. The lowest BCUT2D eigenvalue weighted by Crippen LogP contribution is -2.01. The number of carbonyl (C=O) groups excluding carboxylic acids is 2. The van der Waals surface area contributed by atoms with Gasteiger partial charge in [0.25, 0.3) is 0 Å². The van der Waals surface area contributed by atoms with Crippen LogP contribution in [0.15, 0.2) is 83.0 Å². The maximum Gasteiger partial charge on any atom is 0.197 e. The van der Waals surface area contributed by atoms with Gasteiger partial charge in [-0.05, 0) is 30.3 Å². The standard InChI is InChI=1S/C25H15BrFNO2/c26-17-9-10-23-20(12-17)16(14-28(23)13-15-5-1-4-8-22(15)27)11-21-24(29)18-6-2-3-7-19(18)25(21)30/h1-12,14H,13H2. The Morgan fingerprint density at radius 1 is 0.900 bits per heavy atom. The molecule has 1 heterocycles. The van der Waals surface area contributed by atoms with Crippen LogP contribution in [0.5, 0.6) is 0 Å². The van der Waals surface area contributed by atoms with Crippen LogP contribution in [-0.2, 0) is 6.54 Å². The van der Waals surface area contributed by atoms with E-state index in [2.05, 4.69) is 15.9 Å². The summed E-state index contributed by atoms with van der Waals surface area (Å²) >= 11 is 3.49. The highest BCUT2D eigenvalue weighted by Crippen LogP contribution is 2.32. The molecule has 0 fully saturated rings. The molecule has 3 aromatic carbocycles. The zero-order valence-corrected chi connectivity index (χ0v) is 17.3. The van der Waals surface area contributed by atoms with Crippen molar-refractivity contribution in [1.29, 1.82) is 0 Å². The largest absolute Gasteiger partial charge is 0.342 e. The number of rotatable bonds is 3. The Bertz CT molecular complexity index is 1350. The van der Waals surface area contributed by atoms with E-state index in [1.54, 1.807) is 48.5 Å². The van der Waals surface area contributed by atoms with Crippen molar-refractivity contribution < 1.29 is 14.0 Å². The molecule has 1 aliphatic rings. The minimum absolute atomic E-state index is 0.154. The first kappa shape index (κ1) is 18.7. The van der Waals surface area contributed by atoms with Crippen molar-refractivity contribution in [3.05, 3.63) is 111 Å². The van der Waals surface area contributed by atoms with E-state index >= 15 is 0 Å². The summed E-state index contributed by atoms with van der Waals surface area (Å²) < 4.78 is 17.0. The van der Waals surface area contributed by atoms with Crippen LogP contribution < -0.4 is 0 Å². The van der Waals surface area contributed by atoms with Crippen molar-refractivity contribution in [2.75, 3.05) is 0 Å². The number of benzene rings is 3. The Labute approximate surface area is 180 Å². The third-order valence-corrected chi connectivity index (χ3v) is 5.87. The average Bonchev–Trinajstić information content (AvgIpc) is 3.20. The van der Waals surface area contributed by atoms with Crippen molar-refractivity contribution in [2.45, 2.75) is 6.54 Å². The summed E-state index contributed by atoms with van der Waals surface area (Å²) in [5.74, 6) is -0.797. The molecule has 0 saturated heterocycles. The lowest BCUT2D eigenvalue weighted by molar-refractivity contribution is 0.0990. The van der Waals surface area contributed by atoms with Gasteiger partial charge in [0.1, 0.15) is 5.82 Å². The van der Waals surface area contributed by atoms with Gasteiger partial charge in [0.15, 0.2) is 11.6 Å². The van der Waals surface area contributed by atoms with Crippen LogP contribution in [0.25, 0.3) is 17.0 Å². The van der Waals surface area contributed by atoms with Crippen molar-refractivity contribution in [2.24, 2.45) is 0 Å². The summed E-state index contributed by atoms with van der Waals surface area (Å²) in [7, 11) is 0. The molecule has 0 saturated carbocycles. The number of carbonyl (C=O) groups is 2. The molecular weight excluding hydrogens is 445 g/mol. The van der Waals surface area contributed by atoms with Gasteiger partial charge in [0.2, 0.25) is 0 Å². The molecule has 5 heteroatoms. The van der Waals surface area contributed by atoms with Gasteiger partial charge in [0.05, 0.1) is 12.1 Å². The summed E-state index contributed by atoms with van der Waals surface area (Å²) in [6.45, 7) is 0.343. The molecule has 0 aliphatic heterocycles. The highest BCUT2D eigenvalue weighted by atomic mass is 79.9. The smallest absolute Gasteiger partial charge is 0.197 e. The molecule has 146 valence electrons. The quantitative estimate of drug-likeness (QED) is 0.276. The van der Waals surface area contributed by atoms with E-state index in [4.69, 9.17) is 0 Å². The summed E-state index contributed by atoms with van der Waals surface area (Å²) in [6, 6.07) is 19.3. The lowest BCUT2D eigenvalue weighted by Gasteiger charge is -2.06. The Kier molecular flexibility index (Phi) is 4.48. The highest BCUT2D eigenvalue weighted by molar-refractivity contribution is 9.10. The predicted octanol–water partition coefficient (Wildman–Crippen LogP) is 6.05. The molecule has 0 amide bonds. The maximum absolute atomic E-state index is 14.2. The Morgan fingerprint density at radius 2 is 1.57 bits per heavy atom. The number of allylic oxidation sites excluding steroid dienone is 1. The third kappa shape index (κ3) is 3.02. The molecule has 0 unspecified atom stereocenters. The fraction of sp³-hybridized carbons (Fsp3) is 0.0400. The molecule has 0 N–H and O–H groups in total. The predicted molar refractivity (Wildman–Crippen MR) is 118 cm³/mol. The van der Waals surface area contributed by atoms with Gasteiger partial charge in [-0.2, -0.15) is 0 Å². The molecule has 30 heavy (non-hydrogen) atoms. The van der Waals surface area contributed by atoms with Crippen LogP contribution >= 0.6 is 15.9 Å². The van der Waals surface area contributed by atoms with Crippen LogP contribution in [0.1, 0.15) is 31.8 Å². The van der Waals surface area contributed by atoms with E-state index in [0.29, 0.717) is 23.2 Å². The molecule has 0 spiro atoms. The number of fused-ring (bicyclic) bond motifs is 2. The van der Waals surface area contributed by atoms with Crippen LogP contribution in [0.3, 0.4) is 0 Å². The topological polar surface area (TPSA) is 39.1 Å². The van der Waals surface area contributed by atoms with E-state index in [9.17, 15) is 14.0 Å². The number of Topliss-reactive ketones (excluding diaryl/α,β-unsaturated/α-hetero) is 2. The van der Waals surface area contributed by atoms with Crippen LogP contribution in [0.2, 0.25) is 0 Å². The number of hydrogen-bond donors (Lipinski definition) is 0. The average molecular weight is 460 g/mol. The Morgan fingerprint density at radius 3 is 2.27 bits per heavy atom. The molecule has 3 nitrogen and oxygen atoms in total. The van der Waals surface area contributed by atoms with E-state index in [1.807, 2.05) is 29.0 Å². The van der Waals surface area contributed by atoms with Gasteiger partial charge in [-0.15, -0.1) is 0 Å². The van der Waals surface area contributed by atoms with Crippen molar-refractivity contribution in [3.8, 4) is 0 Å². The molecule has 0 atom stereocenters. The van der Waals surface area contributed by atoms with E-state index in [0.717, 1.165) is 20.9 Å². The molecule has 4 aromatic rings. The number of nitrogens with zero attached hydrogens (tertiary/aromatic N) is 1. The van der Waals surface area contributed by atoms with Crippen LogP contribution in [0.4, 0.5) is 4.39 Å². The highest BCUT2D eigenvalue weighted by Gasteiger charge is 2.32. The maximum atomic E-state index is 14.2. The van der Waals surface area contributed by atoms with Gasteiger partial charge in [-0.3, -0.25) is 9.59 Å². The molecule has 5 rings (SSSR count). The fourth-order valence-electron chi connectivity index (χ4n) is 3.91. The van der Waals surface area contributed by atoms with Gasteiger partial charge in [-0.25, -0.2) is 4.39 Å². The van der Waals surface area contributed by atoms with Gasteiger partial charge < -0.3 is 4.57 Å². The van der Waals surface area contributed by atoms with E-state index < -0.39 is 0 Å². The second kappa shape index (κ2) is 7.18. The summed E-state index contributed by atoms with van der Waals surface area (Å²) in [4.78, 5) is 25.6. The summed E-state index contributed by atoms with van der Waals surface area (Å²) in [5, 5.41) is 0.879. The van der Waals surface area contributed by atoms with Gasteiger partial charge in [0, 0.05) is 43.8 Å². The molecule has 0 radical (unpaired) electrons. The normalized spacial score (nSPS) is 13.2. The number of aromatic nitrogens is 1. The second-order valence-electron chi connectivity index (χ2n) is 7.23. The van der Waals surface area contributed by atoms with Crippen LogP contribution in [0, 0.1) is 5.82 Å². The molecule has 0 bridgehead atoms. The number of hydrogen-bond acceptors (Lipinski definition) is 2. The van der Waals surface area contributed by atoms with Gasteiger partial charge >= 0.3 is 0 Å². The van der Waals surface area contributed by atoms with E-state index in [-0.39, 0.29) is 23.0 Å². The Balaban J connectivity index is 1.65. The van der Waals surface area contributed by atoms with Crippen molar-refractivity contribution >= 4 is 44.5 Å². The third-order valence-electron chi connectivity index (χ3n) is 5.38. The zero-order chi connectivity index (χ0) is 20.8. The minimum atomic E-state index is -0.270. The number of halogens is 2. The summed E-state index contributed by atoms with van der Waals surface area (Å²) in [5.41, 5.74) is 3.23. The van der Waals surface area contributed by atoms with Gasteiger partial charge in [-0.1, -0.05) is 58.4 Å². The first-order chi connectivity index (χ1) is 14.5. The zero-order valence-electron chi connectivity index (χ0n) is 15.7. The second-order valence-corrected chi connectivity index (χ2v) is 8.14. The molecule has 1 aromatic heterocycles. The molecule has 1 aliphatic carbocycles.